The first kappa shape index (κ1) is 14.8. The van der Waals surface area contributed by atoms with Crippen LogP contribution in [0.4, 0.5) is 0 Å². The molecule has 2 heteroatoms. The standard InChI is InChI=1S/C7H15N.C4H9N/c1-5-8-6-7(2,3)4;1-3-5-4-2/h6H,5H2,1-4H3;3H,4H2,1-2H3. The smallest absolute Gasteiger partial charge is 0.0357 e. The van der Waals surface area contributed by atoms with Crippen molar-refractivity contribution in [2.75, 3.05) is 13.1 Å². The Labute approximate surface area is 83.2 Å². The molecule has 0 unspecified atom stereocenters. The second-order valence-corrected chi connectivity index (χ2v) is 3.75. The van der Waals surface area contributed by atoms with Gasteiger partial charge < -0.3 is 0 Å². The van der Waals surface area contributed by atoms with Gasteiger partial charge in [0.2, 0.25) is 0 Å². The quantitative estimate of drug-likeness (QED) is 0.589. The van der Waals surface area contributed by atoms with Gasteiger partial charge in [0.25, 0.3) is 0 Å². The zero-order valence-electron chi connectivity index (χ0n) is 9.96. The Morgan fingerprint density at radius 1 is 1.00 bits per heavy atom. The molecule has 0 N–H and O–H groups in total. The summed E-state index contributed by atoms with van der Waals surface area (Å²) >= 11 is 0. The highest BCUT2D eigenvalue weighted by Crippen LogP contribution is 2.07. The molecule has 0 saturated carbocycles. The summed E-state index contributed by atoms with van der Waals surface area (Å²) in [5, 5.41) is 0. The predicted molar refractivity (Wildman–Crippen MR) is 63.2 cm³/mol. The molecule has 0 amide bonds. The minimum Gasteiger partial charge on any atom is -0.298 e. The van der Waals surface area contributed by atoms with Gasteiger partial charge in [-0.25, -0.2) is 0 Å². The Morgan fingerprint density at radius 3 is 1.54 bits per heavy atom. The molecule has 0 bridgehead atoms. The van der Waals surface area contributed by atoms with E-state index in [-0.39, 0.29) is 5.41 Å². The molecule has 0 aliphatic heterocycles. The Bertz CT molecular complexity index is 141. The minimum absolute atomic E-state index is 0.260. The normalized spacial score (nSPS) is 11.8. The molecule has 0 radical (unpaired) electrons. The van der Waals surface area contributed by atoms with E-state index in [9.17, 15) is 0 Å². The van der Waals surface area contributed by atoms with E-state index in [2.05, 4.69) is 30.8 Å². The van der Waals surface area contributed by atoms with Gasteiger partial charge >= 0.3 is 0 Å². The van der Waals surface area contributed by atoms with Crippen molar-refractivity contribution in [2.45, 2.75) is 41.5 Å². The van der Waals surface area contributed by atoms with Crippen molar-refractivity contribution in [1.82, 2.24) is 0 Å². The molecule has 0 fully saturated rings. The van der Waals surface area contributed by atoms with Gasteiger partial charge in [0, 0.05) is 19.3 Å². The molecule has 78 valence electrons. The van der Waals surface area contributed by atoms with Gasteiger partial charge in [-0.05, 0) is 32.4 Å². The molecule has 13 heavy (non-hydrogen) atoms. The number of nitrogens with zero attached hydrogens (tertiary/aromatic N) is 2. The summed E-state index contributed by atoms with van der Waals surface area (Å²) in [7, 11) is 0. The SMILES string of the molecule is CC=NCC.CCN=CC(C)(C)C. The molecule has 0 spiro atoms. The highest BCUT2D eigenvalue weighted by atomic mass is 14.7. The summed E-state index contributed by atoms with van der Waals surface area (Å²) in [6.07, 6.45) is 3.80. The van der Waals surface area contributed by atoms with Crippen LogP contribution in [0.5, 0.6) is 0 Å². The van der Waals surface area contributed by atoms with Crippen LogP contribution in [0.2, 0.25) is 0 Å². The fraction of sp³-hybridized carbons (Fsp3) is 0.818. The van der Waals surface area contributed by atoms with Crippen LogP contribution in [-0.2, 0) is 0 Å². The molecule has 0 aliphatic rings. The predicted octanol–water partition coefficient (Wildman–Crippen LogP) is 3.22. The van der Waals surface area contributed by atoms with E-state index < -0.39 is 0 Å². The number of aliphatic imine (C=N–C) groups is 2. The maximum atomic E-state index is 4.12. The number of rotatable bonds is 2. The summed E-state index contributed by atoms with van der Waals surface area (Å²) in [6, 6.07) is 0. The third-order valence-corrected chi connectivity index (χ3v) is 1.03. The fourth-order valence-corrected chi connectivity index (χ4v) is 0.548. The fourth-order valence-electron chi connectivity index (χ4n) is 0.548. The van der Waals surface area contributed by atoms with Crippen molar-refractivity contribution < 1.29 is 0 Å². The van der Waals surface area contributed by atoms with Crippen molar-refractivity contribution in [3.05, 3.63) is 0 Å². The minimum atomic E-state index is 0.260. The molecular formula is C11H24N2. The van der Waals surface area contributed by atoms with E-state index in [0.29, 0.717) is 0 Å². The van der Waals surface area contributed by atoms with E-state index in [1.807, 2.05) is 27.0 Å². The van der Waals surface area contributed by atoms with Crippen molar-refractivity contribution in [3.63, 3.8) is 0 Å². The van der Waals surface area contributed by atoms with E-state index in [1.165, 1.54) is 0 Å². The first-order valence-corrected chi connectivity index (χ1v) is 4.93. The van der Waals surface area contributed by atoms with Crippen molar-refractivity contribution >= 4 is 12.4 Å². The van der Waals surface area contributed by atoms with Crippen LogP contribution in [0.25, 0.3) is 0 Å². The molecule has 0 atom stereocenters. The number of hydrogen-bond acceptors (Lipinski definition) is 2. The second-order valence-electron chi connectivity index (χ2n) is 3.75. The molecule has 0 heterocycles. The number of hydrogen-bond donors (Lipinski definition) is 0. The summed E-state index contributed by atoms with van der Waals surface area (Å²) < 4.78 is 0. The lowest BCUT2D eigenvalue weighted by atomic mass is 9.99. The lowest BCUT2D eigenvalue weighted by molar-refractivity contribution is 0.604. The Morgan fingerprint density at radius 2 is 1.46 bits per heavy atom. The van der Waals surface area contributed by atoms with Gasteiger partial charge in [-0.3, -0.25) is 9.98 Å². The van der Waals surface area contributed by atoms with Crippen LogP contribution in [0, 0.1) is 5.41 Å². The maximum absolute atomic E-state index is 4.12. The molecule has 0 aliphatic carbocycles. The van der Waals surface area contributed by atoms with Crippen molar-refractivity contribution in [3.8, 4) is 0 Å². The molecule has 0 rings (SSSR count). The summed E-state index contributed by atoms with van der Waals surface area (Å²) in [5.74, 6) is 0. The van der Waals surface area contributed by atoms with Gasteiger partial charge in [-0.15, -0.1) is 0 Å². The highest BCUT2D eigenvalue weighted by molar-refractivity contribution is 5.63. The van der Waals surface area contributed by atoms with Crippen molar-refractivity contribution in [2.24, 2.45) is 15.4 Å². The van der Waals surface area contributed by atoms with Gasteiger partial charge in [0.1, 0.15) is 0 Å². The summed E-state index contributed by atoms with van der Waals surface area (Å²) in [5.41, 5.74) is 0.260. The first-order valence-electron chi connectivity index (χ1n) is 4.93. The van der Waals surface area contributed by atoms with Gasteiger partial charge in [0.05, 0.1) is 0 Å². The average Bonchev–Trinajstić information content (AvgIpc) is 2.02. The molecule has 0 aromatic rings. The first-order chi connectivity index (χ1) is 5.97. The molecule has 0 aromatic heterocycles. The lowest BCUT2D eigenvalue weighted by Gasteiger charge is -2.08. The van der Waals surface area contributed by atoms with Crippen LogP contribution in [0.3, 0.4) is 0 Å². The molecule has 0 saturated heterocycles. The largest absolute Gasteiger partial charge is 0.298 e. The topological polar surface area (TPSA) is 24.7 Å². The average molecular weight is 184 g/mol. The third kappa shape index (κ3) is 24.6. The lowest BCUT2D eigenvalue weighted by Crippen LogP contribution is -2.05. The van der Waals surface area contributed by atoms with Crippen LogP contribution < -0.4 is 0 Å². The van der Waals surface area contributed by atoms with Gasteiger partial charge in [0.15, 0.2) is 0 Å². The Balaban J connectivity index is 0. The van der Waals surface area contributed by atoms with E-state index in [0.717, 1.165) is 13.1 Å². The van der Waals surface area contributed by atoms with Crippen LogP contribution >= 0.6 is 0 Å². The van der Waals surface area contributed by atoms with E-state index in [4.69, 9.17) is 0 Å². The summed E-state index contributed by atoms with van der Waals surface area (Å²) in [6.45, 7) is 14.2. The second kappa shape index (κ2) is 9.43. The highest BCUT2D eigenvalue weighted by Gasteiger charge is 2.03. The zero-order valence-corrected chi connectivity index (χ0v) is 9.96. The van der Waals surface area contributed by atoms with Gasteiger partial charge in [-0.1, -0.05) is 20.8 Å². The Kier molecular flexibility index (Phi) is 10.8. The zero-order chi connectivity index (χ0) is 10.7. The summed E-state index contributed by atoms with van der Waals surface area (Å²) in [4.78, 5) is 7.97. The molecule has 2 nitrogen and oxygen atoms in total. The maximum Gasteiger partial charge on any atom is 0.0357 e. The van der Waals surface area contributed by atoms with Crippen LogP contribution in [-0.4, -0.2) is 25.5 Å². The monoisotopic (exact) mass is 184 g/mol. The molecular weight excluding hydrogens is 160 g/mol. The third-order valence-electron chi connectivity index (χ3n) is 1.03. The van der Waals surface area contributed by atoms with Gasteiger partial charge in [-0.2, -0.15) is 0 Å². The van der Waals surface area contributed by atoms with E-state index in [1.54, 1.807) is 6.21 Å². The van der Waals surface area contributed by atoms with Crippen LogP contribution in [0.1, 0.15) is 41.5 Å². The van der Waals surface area contributed by atoms with Crippen molar-refractivity contribution in [1.29, 1.82) is 0 Å². The molecule has 0 aromatic carbocycles. The Hall–Kier alpha value is -0.660. The van der Waals surface area contributed by atoms with Crippen LogP contribution in [0.15, 0.2) is 9.98 Å². The van der Waals surface area contributed by atoms with E-state index >= 15 is 0 Å².